The van der Waals surface area contributed by atoms with Gasteiger partial charge in [0.25, 0.3) is 5.41 Å². The fourth-order valence-corrected chi connectivity index (χ4v) is 4.39. The molecule has 1 aliphatic rings. The van der Waals surface area contributed by atoms with Gasteiger partial charge in [-0.15, -0.1) is 0 Å². The van der Waals surface area contributed by atoms with Crippen molar-refractivity contribution in [2.45, 2.75) is 115 Å². The molecule has 0 N–H and O–H groups in total. The second kappa shape index (κ2) is 10.1. The highest BCUT2D eigenvalue weighted by Crippen LogP contribution is 2.61. The molecule has 0 atom stereocenters. The SMILES string of the molecule is CC1(CCCCCCCCCC(C(F)(F)F)(C(F)(F)F)C(F)(F)F)CCCCC1. The van der Waals surface area contributed by atoms with Crippen LogP contribution in [0, 0.1) is 10.8 Å². The van der Waals surface area contributed by atoms with Crippen LogP contribution in [0.2, 0.25) is 0 Å². The summed E-state index contributed by atoms with van der Waals surface area (Å²) in [6, 6.07) is 0. The summed E-state index contributed by atoms with van der Waals surface area (Å²) in [4.78, 5) is 0. The maximum absolute atomic E-state index is 12.8. The van der Waals surface area contributed by atoms with Crippen molar-refractivity contribution in [3.63, 3.8) is 0 Å². The Labute approximate surface area is 166 Å². The molecule has 0 aromatic heterocycles. The first-order valence-electron chi connectivity index (χ1n) is 10.4. The fraction of sp³-hybridized carbons (Fsp3) is 1.00. The molecule has 0 heterocycles. The summed E-state index contributed by atoms with van der Waals surface area (Å²) in [5.74, 6) is 0. The van der Waals surface area contributed by atoms with E-state index >= 15 is 0 Å². The Morgan fingerprint density at radius 1 is 0.552 bits per heavy atom. The summed E-state index contributed by atoms with van der Waals surface area (Å²) >= 11 is 0. The molecular weight excluding hydrogens is 411 g/mol. The zero-order chi connectivity index (χ0) is 22.4. The third kappa shape index (κ3) is 6.94. The van der Waals surface area contributed by atoms with Crippen LogP contribution in [0.4, 0.5) is 39.5 Å². The van der Waals surface area contributed by atoms with Crippen molar-refractivity contribution in [2.75, 3.05) is 0 Å². The van der Waals surface area contributed by atoms with E-state index in [1.54, 1.807) is 0 Å². The van der Waals surface area contributed by atoms with E-state index in [1.807, 2.05) is 0 Å². The Morgan fingerprint density at radius 3 is 1.34 bits per heavy atom. The second-order valence-electron chi connectivity index (χ2n) is 8.74. The van der Waals surface area contributed by atoms with Crippen molar-refractivity contribution in [1.82, 2.24) is 0 Å². The first-order chi connectivity index (χ1) is 13.2. The highest BCUT2D eigenvalue weighted by Gasteiger charge is 2.82. The largest absolute Gasteiger partial charge is 0.412 e. The average molecular weight is 442 g/mol. The molecule has 9 heteroatoms. The molecule has 0 spiro atoms. The molecule has 0 radical (unpaired) electrons. The van der Waals surface area contributed by atoms with Crippen molar-refractivity contribution in [3.05, 3.63) is 0 Å². The van der Waals surface area contributed by atoms with Gasteiger partial charge >= 0.3 is 18.5 Å². The molecule has 1 fully saturated rings. The van der Waals surface area contributed by atoms with Gasteiger partial charge in [-0.05, 0) is 31.1 Å². The third-order valence-electron chi connectivity index (χ3n) is 6.34. The van der Waals surface area contributed by atoms with Crippen molar-refractivity contribution in [1.29, 1.82) is 0 Å². The zero-order valence-corrected chi connectivity index (χ0v) is 16.8. The molecule has 0 aromatic carbocycles. The summed E-state index contributed by atoms with van der Waals surface area (Å²) in [7, 11) is 0. The molecule has 29 heavy (non-hydrogen) atoms. The van der Waals surface area contributed by atoms with Crippen molar-refractivity contribution < 1.29 is 39.5 Å². The minimum absolute atomic E-state index is 0.0816. The molecule has 0 saturated heterocycles. The quantitative estimate of drug-likeness (QED) is 0.234. The van der Waals surface area contributed by atoms with Crippen molar-refractivity contribution in [3.8, 4) is 0 Å². The Bertz CT molecular complexity index is 432. The molecule has 174 valence electrons. The van der Waals surface area contributed by atoms with Gasteiger partial charge in [-0.2, -0.15) is 39.5 Å². The predicted molar refractivity (Wildman–Crippen MR) is 93.3 cm³/mol. The average Bonchev–Trinajstić information content (AvgIpc) is 2.53. The van der Waals surface area contributed by atoms with Crippen LogP contribution in [0.15, 0.2) is 0 Å². The van der Waals surface area contributed by atoms with Gasteiger partial charge in [0.05, 0.1) is 0 Å². The molecule has 0 bridgehead atoms. The number of rotatable bonds is 10. The van der Waals surface area contributed by atoms with Gasteiger partial charge in [-0.3, -0.25) is 0 Å². The molecule has 0 amide bonds. The predicted octanol–water partition coefficient (Wildman–Crippen LogP) is 9.14. The zero-order valence-electron chi connectivity index (χ0n) is 16.8. The lowest BCUT2D eigenvalue weighted by molar-refractivity contribution is -0.429. The lowest BCUT2D eigenvalue weighted by Crippen LogP contribution is -2.59. The van der Waals surface area contributed by atoms with Crippen LogP contribution in [-0.4, -0.2) is 18.5 Å². The lowest BCUT2D eigenvalue weighted by Gasteiger charge is -2.38. The van der Waals surface area contributed by atoms with Crippen LogP contribution in [0.3, 0.4) is 0 Å². The first kappa shape index (κ1) is 26.4. The van der Waals surface area contributed by atoms with Gasteiger partial charge in [0.2, 0.25) is 0 Å². The number of halogens is 9. The number of hydrogen-bond acceptors (Lipinski definition) is 0. The van der Waals surface area contributed by atoms with Crippen LogP contribution in [0.5, 0.6) is 0 Å². The van der Waals surface area contributed by atoms with Gasteiger partial charge in [0.1, 0.15) is 0 Å². The minimum Gasteiger partial charge on any atom is -0.170 e. The van der Waals surface area contributed by atoms with Gasteiger partial charge in [0.15, 0.2) is 0 Å². The summed E-state index contributed by atoms with van der Waals surface area (Å²) in [6.07, 6.45) is -11.2. The topological polar surface area (TPSA) is 0 Å². The molecule has 0 aromatic rings. The van der Waals surface area contributed by atoms with E-state index < -0.39 is 36.8 Å². The molecule has 1 aliphatic carbocycles. The van der Waals surface area contributed by atoms with E-state index in [1.165, 1.54) is 32.1 Å². The van der Waals surface area contributed by atoms with E-state index in [0.717, 1.165) is 25.7 Å². The van der Waals surface area contributed by atoms with Crippen LogP contribution < -0.4 is 0 Å². The highest BCUT2D eigenvalue weighted by atomic mass is 19.4. The summed E-state index contributed by atoms with van der Waals surface area (Å²) in [5.41, 5.74) is -5.28. The monoisotopic (exact) mass is 442 g/mol. The van der Waals surface area contributed by atoms with Crippen LogP contribution >= 0.6 is 0 Å². The van der Waals surface area contributed by atoms with E-state index in [2.05, 4.69) is 6.92 Å². The van der Waals surface area contributed by atoms with Crippen molar-refractivity contribution >= 4 is 0 Å². The van der Waals surface area contributed by atoms with Gasteiger partial charge in [0, 0.05) is 0 Å². The molecule has 1 rings (SSSR count). The minimum atomic E-state index is -6.43. The standard InChI is InChI=1S/C20H31F9/c1-16(13-9-7-10-14-16)12-8-5-3-2-4-6-11-15-17(18(21,22)23,19(24,25)26)20(27,28)29/h2-15H2,1H3. The van der Waals surface area contributed by atoms with E-state index in [0.29, 0.717) is 18.3 Å². The van der Waals surface area contributed by atoms with Gasteiger partial charge in [-0.25, -0.2) is 0 Å². The summed E-state index contributed by atoms with van der Waals surface area (Å²) in [6.45, 7) is 2.28. The second-order valence-corrected chi connectivity index (χ2v) is 8.74. The van der Waals surface area contributed by atoms with E-state index in [4.69, 9.17) is 0 Å². The number of alkyl halides is 9. The normalized spacial score (nSPS) is 18.8. The Morgan fingerprint density at radius 2 is 0.931 bits per heavy atom. The Hall–Kier alpha value is -0.630. The van der Waals surface area contributed by atoms with E-state index in [9.17, 15) is 39.5 Å². The molecule has 0 nitrogen and oxygen atoms in total. The molecule has 1 saturated carbocycles. The van der Waals surface area contributed by atoms with Crippen LogP contribution in [0.25, 0.3) is 0 Å². The number of unbranched alkanes of at least 4 members (excludes halogenated alkanes) is 6. The molecule has 0 aliphatic heterocycles. The lowest BCUT2D eigenvalue weighted by atomic mass is 9.72. The van der Waals surface area contributed by atoms with Gasteiger partial charge in [-0.1, -0.05) is 71.1 Å². The first-order valence-corrected chi connectivity index (χ1v) is 10.4. The smallest absolute Gasteiger partial charge is 0.170 e. The fourth-order valence-electron chi connectivity index (χ4n) is 4.39. The van der Waals surface area contributed by atoms with Gasteiger partial charge < -0.3 is 0 Å². The Kier molecular flexibility index (Phi) is 9.21. The molecular formula is C20H31F9. The summed E-state index contributed by atoms with van der Waals surface area (Å²) in [5, 5.41) is 0. The van der Waals surface area contributed by atoms with Crippen LogP contribution in [-0.2, 0) is 0 Å². The molecule has 0 unspecified atom stereocenters. The summed E-state index contributed by atoms with van der Waals surface area (Å²) < 4.78 is 115. The Balaban J connectivity index is 2.36. The number of hydrogen-bond donors (Lipinski definition) is 0. The maximum Gasteiger partial charge on any atom is 0.412 e. The third-order valence-corrected chi connectivity index (χ3v) is 6.34. The highest BCUT2D eigenvalue weighted by molar-refractivity contribution is 4.99. The van der Waals surface area contributed by atoms with Crippen molar-refractivity contribution in [2.24, 2.45) is 10.8 Å². The van der Waals surface area contributed by atoms with E-state index in [-0.39, 0.29) is 6.42 Å². The maximum atomic E-state index is 12.8. The van der Waals surface area contributed by atoms with Crippen LogP contribution in [0.1, 0.15) is 96.8 Å².